The van der Waals surface area contributed by atoms with E-state index in [1.54, 1.807) is 25.2 Å². The lowest BCUT2D eigenvalue weighted by Crippen LogP contribution is -2.28. The Labute approximate surface area is 155 Å². The van der Waals surface area contributed by atoms with Gasteiger partial charge in [-0.3, -0.25) is 4.79 Å². The smallest absolute Gasteiger partial charge is 0.233 e. The molecule has 3 aromatic rings. The number of hydrogen-bond donors (Lipinski definition) is 0. The quantitative estimate of drug-likeness (QED) is 0.624. The van der Waals surface area contributed by atoms with Crippen LogP contribution in [0.25, 0.3) is 11.4 Å². The van der Waals surface area contributed by atoms with Crippen LogP contribution in [0.2, 0.25) is 0 Å². The minimum atomic E-state index is -0.305. The molecule has 5 nitrogen and oxygen atoms in total. The van der Waals surface area contributed by atoms with Gasteiger partial charge in [-0.2, -0.15) is 0 Å². The predicted molar refractivity (Wildman–Crippen MR) is 100 cm³/mol. The van der Waals surface area contributed by atoms with E-state index in [9.17, 15) is 9.18 Å². The van der Waals surface area contributed by atoms with Gasteiger partial charge in [-0.05, 0) is 6.07 Å². The molecule has 0 bridgehead atoms. The van der Waals surface area contributed by atoms with Crippen molar-refractivity contribution >= 4 is 17.7 Å². The lowest BCUT2D eigenvalue weighted by atomic mass is 10.2. The van der Waals surface area contributed by atoms with Crippen molar-refractivity contribution < 1.29 is 9.18 Å². The third-order valence-corrected chi connectivity index (χ3v) is 4.99. The normalized spacial score (nSPS) is 10.7. The summed E-state index contributed by atoms with van der Waals surface area (Å²) in [5, 5.41) is 9.04. The lowest BCUT2D eigenvalue weighted by molar-refractivity contribution is -0.127. The van der Waals surface area contributed by atoms with E-state index in [0.717, 1.165) is 11.4 Å². The number of rotatable bonds is 6. The van der Waals surface area contributed by atoms with E-state index in [1.807, 2.05) is 41.9 Å². The maximum absolute atomic E-state index is 13.7. The first-order valence-electron chi connectivity index (χ1n) is 8.11. The second-order valence-corrected chi connectivity index (χ2v) is 6.80. The predicted octanol–water partition coefficient (Wildman–Crippen LogP) is 3.37. The SMILES string of the molecule is CN(Cc1ccccc1F)C(=O)CSc1nnc(-c2ccccc2)n1C. The molecular formula is C19H19FN4OS. The number of carbonyl (C=O) groups excluding carboxylic acids is 1. The van der Waals surface area contributed by atoms with E-state index in [1.165, 1.54) is 22.7 Å². The zero-order chi connectivity index (χ0) is 18.5. The highest BCUT2D eigenvalue weighted by molar-refractivity contribution is 7.99. The van der Waals surface area contributed by atoms with Crippen LogP contribution in [0.1, 0.15) is 5.56 Å². The van der Waals surface area contributed by atoms with Crippen molar-refractivity contribution in [1.82, 2.24) is 19.7 Å². The molecule has 0 atom stereocenters. The number of hydrogen-bond acceptors (Lipinski definition) is 4. The van der Waals surface area contributed by atoms with Crippen molar-refractivity contribution in [2.75, 3.05) is 12.8 Å². The molecule has 0 aliphatic carbocycles. The molecule has 0 spiro atoms. The van der Waals surface area contributed by atoms with Crippen molar-refractivity contribution in [1.29, 1.82) is 0 Å². The summed E-state index contributed by atoms with van der Waals surface area (Å²) in [5.41, 5.74) is 1.47. The van der Waals surface area contributed by atoms with Crippen molar-refractivity contribution in [2.45, 2.75) is 11.7 Å². The molecular weight excluding hydrogens is 351 g/mol. The van der Waals surface area contributed by atoms with Gasteiger partial charge < -0.3 is 9.47 Å². The average molecular weight is 370 g/mol. The third kappa shape index (κ3) is 4.11. The van der Waals surface area contributed by atoms with E-state index >= 15 is 0 Å². The van der Waals surface area contributed by atoms with Crippen LogP contribution < -0.4 is 0 Å². The second kappa shape index (κ2) is 8.14. The first-order valence-corrected chi connectivity index (χ1v) is 9.10. The van der Waals surface area contributed by atoms with Crippen LogP contribution >= 0.6 is 11.8 Å². The number of halogens is 1. The molecule has 0 saturated carbocycles. The molecule has 0 aliphatic rings. The zero-order valence-electron chi connectivity index (χ0n) is 14.6. The average Bonchev–Trinajstić information content (AvgIpc) is 3.03. The minimum absolute atomic E-state index is 0.0949. The Bertz CT molecular complexity index is 898. The highest BCUT2D eigenvalue weighted by atomic mass is 32.2. The largest absolute Gasteiger partial charge is 0.341 e. The fraction of sp³-hybridized carbons (Fsp3) is 0.211. The van der Waals surface area contributed by atoms with Crippen LogP contribution in [0.4, 0.5) is 4.39 Å². The summed E-state index contributed by atoms with van der Waals surface area (Å²) in [4.78, 5) is 13.9. The molecule has 7 heteroatoms. The van der Waals surface area contributed by atoms with Crippen molar-refractivity contribution in [3.8, 4) is 11.4 Å². The zero-order valence-corrected chi connectivity index (χ0v) is 15.4. The molecule has 0 unspecified atom stereocenters. The summed E-state index contributed by atoms with van der Waals surface area (Å²) in [7, 11) is 3.54. The van der Waals surface area contributed by atoms with E-state index < -0.39 is 0 Å². The van der Waals surface area contributed by atoms with Gasteiger partial charge in [0, 0.05) is 31.8 Å². The van der Waals surface area contributed by atoms with E-state index in [-0.39, 0.29) is 24.0 Å². The Morgan fingerprint density at radius 2 is 1.81 bits per heavy atom. The Morgan fingerprint density at radius 3 is 2.54 bits per heavy atom. The van der Waals surface area contributed by atoms with Crippen LogP contribution in [0.5, 0.6) is 0 Å². The number of aromatic nitrogens is 3. The van der Waals surface area contributed by atoms with Crippen LogP contribution in [0.15, 0.2) is 59.8 Å². The van der Waals surface area contributed by atoms with Crippen LogP contribution in [0.3, 0.4) is 0 Å². The first-order chi connectivity index (χ1) is 12.6. The van der Waals surface area contributed by atoms with E-state index in [2.05, 4.69) is 10.2 Å². The molecule has 0 fully saturated rings. The number of carbonyl (C=O) groups is 1. The van der Waals surface area contributed by atoms with Gasteiger partial charge in [0.1, 0.15) is 5.82 Å². The highest BCUT2D eigenvalue weighted by Gasteiger charge is 2.15. The van der Waals surface area contributed by atoms with Gasteiger partial charge in [-0.15, -0.1) is 10.2 Å². The summed E-state index contributed by atoms with van der Waals surface area (Å²) in [5.74, 6) is 0.564. The van der Waals surface area contributed by atoms with Crippen LogP contribution in [0, 0.1) is 5.82 Å². The Morgan fingerprint density at radius 1 is 1.12 bits per heavy atom. The molecule has 0 aliphatic heterocycles. The van der Waals surface area contributed by atoms with E-state index in [4.69, 9.17) is 0 Å². The van der Waals surface area contributed by atoms with Gasteiger partial charge in [-0.25, -0.2) is 4.39 Å². The number of nitrogens with zero attached hydrogens (tertiary/aromatic N) is 4. The van der Waals surface area contributed by atoms with Gasteiger partial charge in [0.25, 0.3) is 0 Å². The Hall–Kier alpha value is -2.67. The molecule has 1 amide bonds. The summed E-state index contributed by atoms with van der Waals surface area (Å²) >= 11 is 1.32. The van der Waals surface area contributed by atoms with Crippen molar-refractivity contribution in [2.24, 2.45) is 7.05 Å². The van der Waals surface area contributed by atoms with Gasteiger partial charge in [0.05, 0.1) is 5.75 Å². The second-order valence-electron chi connectivity index (χ2n) is 5.86. The molecule has 0 N–H and O–H groups in total. The standard InChI is InChI=1S/C19H19FN4OS/c1-23(12-15-10-6-7-11-16(15)20)17(25)13-26-19-22-21-18(24(19)2)14-8-4-3-5-9-14/h3-11H,12-13H2,1-2H3. The Kier molecular flexibility index (Phi) is 5.68. The number of benzene rings is 2. The van der Waals surface area contributed by atoms with Crippen LogP contribution in [-0.4, -0.2) is 38.4 Å². The Balaban J connectivity index is 1.61. The van der Waals surface area contributed by atoms with Crippen LogP contribution in [-0.2, 0) is 18.4 Å². The number of amides is 1. The molecule has 2 aromatic carbocycles. The van der Waals surface area contributed by atoms with Gasteiger partial charge in [-0.1, -0.05) is 60.3 Å². The molecule has 26 heavy (non-hydrogen) atoms. The lowest BCUT2D eigenvalue weighted by Gasteiger charge is -2.17. The summed E-state index contributed by atoms with van der Waals surface area (Å²) in [6.07, 6.45) is 0. The van der Waals surface area contributed by atoms with Crippen molar-refractivity contribution in [3.05, 3.63) is 66.0 Å². The molecule has 134 valence electrons. The van der Waals surface area contributed by atoms with Gasteiger partial charge >= 0.3 is 0 Å². The summed E-state index contributed by atoms with van der Waals surface area (Å²) in [6, 6.07) is 16.2. The van der Waals surface area contributed by atoms with E-state index in [0.29, 0.717) is 10.7 Å². The number of thioether (sulfide) groups is 1. The third-order valence-electron chi connectivity index (χ3n) is 3.98. The monoisotopic (exact) mass is 370 g/mol. The molecule has 0 radical (unpaired) electrons. The topological polar surface area (TPSA) is 51.0 Å². The molecule has 0 saturated heterocycles. The maximum atomic E-state index is 13.7. The molecule has 3 rings (SSSR count). The highest BCUT2D eigenvalue weighted by Crippen LogP contribution is 2.22. The summed E-state index contributed by atoms with van der Waals surface area (Å²) in [6.45, 7) is 0.236. The fourth-order valence-electron chi connectivity index (χ4n) is 2.49. The minimum Gasteiger partial charge on any atom is -0.341 e. The van der Waals surface area contributed by atoms with Gasteiger partial charge in [0.2, 0.25) is 5.91 Å². The molecule has 1 heterocycles. The molecule has 1 aromatic heterocycles. The van der Waals surface area contributed by atoms with Crippen molar-refractivity contribution in [3.63, 3.8) is 0 Å². The fourth-order valence-corrected chi connectivity index (χ4v) is 3.34. The maximum Gasteiger partial charge on any atom is 0.233 e. The first kappa shape index (κ1) is 18.1. The van der Waals surface area contributed by atoms with Gasteiger partial charge in [0.15, 0.2) is 11.0 Å². The summed E-state index contributed by atoms with van der Waals surface area (Å²) < 4.78 is 15.6.